The summed E-state index contributed by atoms with van der Waals surface area (Å²) in [6.45, 7) is 0. The maximum absolute atomic E-state index is 13.4. The summed E-state index contributed by atoms with van der Waals surface area (Å²) < 4.78 is 26.8. The Morgan fingerprint density at radius 2 is 1.88 bits per heavy atom. The van der Waals surface area contributed by atoms with E-state index in [9.17, 15) is 13.9 Å². The highest BCUT2D eigenvalue weighted by Crippen LogP contribution is 2.36. The second kappa shape index (κ2) is 4.68. The molecule has 0 spiro atoms. The summed E-state index contributed by atoms with van der Waals surface area (Å²) >= 11 is 5.50. The zero-order chi connectivity index (χ0) is 11.7. The molecule has 1 nitrogen and oxygen atoms in total. The summed E-state index contributed by atoms with van der Waals surface area (Å²) in [6, 6.07) is 2.06. The Kier molecular flexibility index (Phi) is 3.45. The highest BCUT2D eigenvalue weighted by molar-refractivity contribution is 6.30. The minimum absolute atomic E-state index is 0.00754. The Balaban J connectivity index is 2.11. The van der Waals surface area contributed by atoms with Crippen molar-refractivity contribution in [2.45, 2.75) is 31.8 Å². The molecule has 1 saturated carbocycles. The molecule has 88 valence electrons. The zero-order valence-electron chi connectivity index (χ0n) is 8.72. The van der Waals surface area contributed by atoms with E-state index in [2.05, 4.69) is 0 Å². The summed E-state index contributed by atoms with van der Waals surface area (Å²) in [5.41, 5.74) is -0.259. The van der Waals surface area contributed by atoms with E-state index in [1.807, 2.05) is 0 Å². The molecule has 2 rings (SSSR count). The molecule has 1 aliphatic carbocycles. The van der Waals surface area contributed by atoms with Crippen LogP contribution < -0.4 is 0 Å². The average Bonchev–Trinajstić information content (AvgIpc) is 2.96. The van der Waals surface area contributed by atoms with Crippen LogP contribution in [0.1, 0.15) is 37.4 Å². The van der Waals surface area contributed by atoms with Crippen LogP contribution in [0.5, 0.6) is 0 Å². The van der Waals surface area contributed by atoms with Crippen molar-refractivity contribution in [3.8, 4) is 0 Å². The van der Waals surface area contributed by atoms with Crippen LogP contribution in [0.25, 0.3) is 0 Å². The van der Waals surface area contributed by atoms with E-state index in [-0.39, 0.29) is 10.6 Å². The molecule has 0 radical (unpaired) electrons. The fourth-order valence-electron chi connectivity index (χ4n) is 1.82. The topological polar surface area (TPSA) is 20.2 Å². The van der Waals surface area contributed by atoms with Crippen molar-refractivity contribution in [3.05, 3.63) is 34.4 Å². The van der Waals surface area contributed by atoms with Crippen LogP contribution in [0.15, 0.2) is 12.1 Å². The van der Waals surface area contributed by atoms with Crippen LogP contribution in [0.2, 0.25) is 5.02 Å². The van der Waals surface area contributed by atoms with E-state index in [4.69, 9.17) is 11.6 Å². The first kappa shape index (κ1) is 11.8. The Morgan fingerprint density at radius 1 is 1.31 bits per heavy atom. The molecular weight excluding hydrogens is 234 g/mol. The SMILES string of the molecule is OC(CCC1CC1)c1c(F)cc(Cl)cc1F. The van der Waals surface area contributed by atoms with Crippen LogP contribution in [0.4, 0.5) is 8.78 Å². The van der Waals surface area contributed by atoms with Gasteiger partial charge in [-0.3, -0.25) is 0 Å². The van der Waals surface area contributed by atoms with Crippen molar-refractivity contribution in [2.24, 2.45) is 5.92 Å². The Bertz CT molecular complexity index is 368. The van der Waals surface area contributed by atoms with E-state index < -0.39 is 17.7 Å². The molecular formula is C12H13ClF2O. The summed E-state index contributed by atoms with van der Waals surface area (Å²) in [5.74, 6) is -0.908. The maximum Gasteiger partial charge on any atom is 0.133 e. The predicted molar refractivity (Wildman–Crippen MR) is 58.3 cm³/mol. The van der Waals surface area contributed by atoms with Gasteiger partial charge in [0.15, 0.2) is 0 Å². The Morgan fingerprint density at radius 3 is 2.38 bits per heavy atom. The molecule has 1 unspecified atom stereocenters. The number of rotatable bonds is 4. The third-order valence-electron chi connectivity index (χ3n) is 2.92. The number of benzene rings is 1. The van der Waals surface area contributed by atoms with Gasteiger partial charge in [-0.15, -0.1) is 0 Å². The molecule has 1 aliphatic rings. The van der Waals surface area contributed by atoms with Crippen LogP contribution >= 0.6 is 11.6 Å². The molecule has 0 aliphatic heterocycles. The van der Waals surface area contributed by atoms with Crippen LogP contribution in [0, 0.1) is 17.6 Å². The van der Waals surface area contributed by atoms with Crippen molar-refractivity contribution >= 4 is 11.6 Å². The number of aliphatic hydroxyl groups is 1. The molecule has 1 N–H and O–H groups in total. The average molecular weight is 247 g/mol. The largest absolute Gasteiger partial charge is 0.388 e. The minimum atomic E-state index is -1.07. The third-order valence-corrected chi connectivity index (χ3v) is 3.14. The molecule has 16 heavy (non-hydrogen) atoms. The first-order valence-electron chi connectivity index (χ1n) is 5.40. The van der Waals surface area contributed by atoms with Gasteiger partial charge >= 0.3 is 0 Å². The van der Waals surface area contributed by atoms with Gasteiger partial charge in [-0.1, -0.05) is 24.4 Å². The summed E-state index contributed by atoms with van der Waals surface area (Å²) in [4.78, 5) is 0. The second-order valence-electron chi connectivity index (χ2n) is 4.32. The molecule has 0 amide bonds. The lowest BCUT2D eigenvalue weighted by molar-refractivity contribution is 0.153. The van der Waals surface area contributed by atoms with Crippen molar-refractivity contribution in [2.75, 3.05) is 0 Å². The summed E-state index contributed by atoms with van der Waals surface area (Å²) in [5, 5.41) is 9.73. The maximum atomic E-state index is 13.4. The first-order chi connectivity index (χ1) is 7.58. The zero-order valence-corrected chi connectivity index (χ0v) is 9.47. The van der Waals surface area contributed by atoms with Crippen LogP contribution in [-0.4, -0.2) is 5.11 Å². The quantitative estimate of drug-likeness (QED) is 0.856. The lowest BCUT2D eigenvalue weighted by Gasteiger charge is -2.12. The van der Waals surface area contributed by atoms with Gasteiger partial charge in [-0.25, -0.2) is 8.78 Å². The normalized spacial score (nSPS) is 17.5. The van der Waals surface area contributed by atoms with Gasteiger partial charge < -0.3 is 5.11 Å². The lowest BCUT2D eigenvalue weighted by atomic mass is 10.0. The van der Waals surface area contributed by atoms with Gasteiger partial charge in [0.1, 0.15) is 11.6 Å². The number of hydrogen-bond donors (Lipinski definition) is 1. The monoisotopic (exact) mass is 246 g/mol. The number of halogens is 3. The molecule has 1 aromatic carbocycles. The molecule has 0 bridgehead atoms. The number of hydrogen-bond acceptors (Lipinski definition) is 1. The minimum Gasteiger partial charge on any atom is -0.388 e. The fourth-order valence-corrected chi connectivity index (χ4v) is 2.01. The first-order valence-corrected chi connectivity index (χ1v) is 5.78. The van der Waals surface area contributed by atoms with Crippen LogP contribution in [-0.2, 0) is 0 Å². The lowest BCUT2D eigenvalue weighted by Crippen LogP contribution is -2.04. The van der Waals surface area contributed by atoms with Crippen molar-refractivity contribution in [1.82, 2.24) is 0 Å². The predicted octanol–water partition coefficient (Wildman–Crippen LogP) is 3.84. The molecule has 1 aromatic rings. The highest BCUT2D eigenvalue weighted by Gasteiger charge is 2.25. The highest BCUT2D eigenvalue weighted by atomic mass is 35.5. The van der Waals surface area contributed by atoms with E-state index >= 15 is 0 Å². The van der Waals surface area contributed by atoms with Gasteiger partial charge in [0, 0.05) is 5.02 Å². The number of aliphatic hydroxyl groups excluding tert-OH is 1. The summed E-state index contributed by atoms with van der Waals surface area (Å²) in [6.07, 6.45) is 2.48. The molecule has 4 heteroatoms. The van der Waals surface area contributed by atoms with Crippen molar-refractivity contribution in [3.63, 3.8) is 0 Å². The standard InChI is InChI=1S/C12H13ClF2O/c13-8-5-9(14)12(10(15)6-8)11(16)4-3-7-1-2-7/h5-7,11,16H,1-4H2. The molecule has 1 fully saturated rings. The third kappa shape index (κ3) is 2.71. The Hall–Kier alpha value is -0.670. The van der Waals surface area contributed by atoms with Gasteiger partial charge in [0.25, 0.3) is 0 Å². The van der Waals surface area contributed by atoms with Gasteiger partial charge in [-0.2, -0.15) is 0 Å². The molecule has 0 aromatic heterocycles. The van der Waals surface area contributed by atoms with Crippen LogP contribution in [0.3, 0.4) is 0 Å². The second-order valence-corrected chi connectivity index (χ2v) is 4.76. The smallest absolute Gasteiger partial charge is 0.133 e. The van der Waals surface area contributed by atoms with E-state index in [0.29, 0.717) is 12.3 Å². The van der Waals surface area contributed by atoms with E-state index in [1.165, 1.54) is 0 Å². The van der Waals surface area contributed by atoms with Crippen molar-refractivity contribution < 1.29 is 13.9 Å². The van der Waals surface area contributed by atoms with E-state index in [0.717, 1.165) is 31.4 Å². The molecule has 1 atom stereocenters. The van der Waals surface area contributed by atoms with Crippen molar-refractivity contribution in [1.29, 1.82) is 0 Å². The van der Waals surface area contributed by atoms with E-state index in [1.54, 1.807) is 0 Å². The Labute approximate surface area is 98.0 Å². The molecule has 0 heterocycles. The van der Waals surface area contributed by atoms with Gasteiger partial charge in [0.05, 0.1) is 11.7 Å². The van der Waals surface area contributed by atoms with Gasteiger partial charge in [-0.05, 0) is 30.9 Å². The molecule has 0 saturated heterocycles. The van der Waals surface area contributed by atoms with Gasteiger partial charge in [0.2, 0.25) is 0 Å². The fraction of sp³-hybridized carbons (Fsp3) is 0.500. The summed E-state index contributed by atoms with van der Waals surface area (Å²) in [7, 11) is 0.